The van der Waals surface area contributed by atoms with E-state index in [4.69, 9.17) is 4.74 Å². The molecule has 0 unspecified atom stereocenters. The first kappa shape index (κ1) is 9.00. The van der Waals surface area contributed by atoms with Gasteiger partial charge in [-0.2, -0.15) is 0 Å². The molecule has 0 aromatic rings. The third-order valence-corrected chi connectivity index (χ3v) is 3.82. The van der Waals surface area contributed by atoms with Gasteiger partial charge in [-0.15, -0.1) is 0 Å². The van der Waals surface area contributed by atoms with Crippen molar-refractivity contribution in [1.82, 2.24) is 0 Å². The molecule has 3 nitrogen and oxygen atoms in total. The predicted molar refractivity (Wildman–Crippen MR) is 46.9 cm³/mol. The molecule has 2 aliphatic rings. The van der Waals surface area contributed by atoms with Gasteiger partial charge in [-0.05, 0) is 12.8 Å². The van der Waals surface area contributed by atoms with Crippen LogP contribution in [0.5, 0.6) is 0 Å². The molecule has 0 bridgehead atoms. The van der Waals surface area contributed by atoms with Crippen LogP contribution in [0.3, 0.4) is 0 Å². The fraction of sp³-hybridized carbons (Fsp3) is 0.900. The Morgan fingerprint density at radius 3 is 2.69 bits per heavy atom. The van der Waals surface area contributed by atoms with Gasteiger partial charge in [0.1, 0.15) is 6.10 Å². The first-order valence-electron chi connectivity index (χ1n) is 4.86. The molecule has 0 spiro atoms. The lowest BCUT2D eigenvalue weighted by molar-refractivity contribution is -0.145. The van der Waals surface area contributed by atoms with Crippen LogP contribution >= 0.6 is 0 Å². The summed E-state index contributed by atoms with van der Waals surface area (Å²) in [4.78, 5) is 11.2. The van der Waals surface area contributed by atoms with Crippen molar-refractivity contribution in [2.45, 2.75) is 38.9 Å². The van der Waals surface area contributed by atoms with Crippen LogP contribution in [0.2, 0.25) is 0 Å². The van der Waals surface area contributed by atoms with E-state index in [1.807, 2.05) is 20.8 Å². The van der Waals surface area contributed by atoms with Crippen LogP contribution in [0.4, 0.5) is 0 Å². The maximum atomic E-state index is 11.2. The highest BCUT2D eigenvalue weighted by atomic mass is 16.6. The highest BCUT2D eigenvalue weighted by Crippen LogP contribution is 2.48. The van der Waals surface area contributed by atoms with Crippen LogP contribution in [-0.4, -0.2) is 22.8 Å². The summed E-state index contributed by atoms with van der Waals surface area (Å²) < 4.78 is 5.20. The summed E-state index contributed by atoms with van der Waals surface area (Å²) in [5, 5.41) is 9.98. The second kappa shape index (κ2) is 2.47. The number of hydrogen-bond acceptors (Lipinski definition) is 3. The van der Waals surface area contributed by atoms with Crippen LogP contribution in [0.1, 0.15) is 27.2 Å². The van der Waals surface area contributed by atoms with Crippen LogP contribution in [0, 0.1) is 17.8 Å². The third kappa shape index (κ3) is 1.10. The summed E-state index contributed by atoms with van der Waals surface area (Å²) >= 11 is 0. The number of aliphatic hydroxyl groups is 1. The minimum Gasteiger partial charge on any atom is -0.462 e. The lowest BCUT2D eigenvalue weighted by atomic mass is 9.82. The van der Waals surface area contributed by atoms with Crippen LogP contribution in [0.25, 0.3) is 0 Å². The molecule has 2 fully saturated rings. The van der Waals surface area contributed by atoms with E-state index in [0.717, 1.165) is 0 Å². The molecule has 1 saturated heterocycles. The number of carbonyl (C=O) groups excluding carboxylic acids is 1. The molecule has 1 saturated carbocycles. The van der Waals surface area contributed by atoms with Crippen molar-refractivity contribution in [2.24, 2.45) is 17.8 Å². The number of fused-ring (bicyclic) bond motifs is 1. The normalized spacial score (nSPS) is 54.9. The minimum absolute atomic E-state index is 0.0472. The van der Waals surface area contributed by atoms with Crippen molar-refractivity contribution in [3.05, 3.63) is 0 Å². The number of esters is 1. The topological polar surface area (TPSA) is 46.5 Å². The summed E-state index contributed by atoms with van der Waals surface area (Å²) in [6.07, 6.45) is 0.544. The molecule has 1 aliphatic carbocycles. The molecule has 3 heteroatoms. The van der Waals surface area contributed by atoms with Gasteiger partial charge in [-0.25, -0.2) is 0 Å². The molecule has 0 aromatic heterocycles. The summed E-state index contributed by atoms with van der Waals surface area (Å²) in [5.41, 5.74) is -0.662. The van der Waals surface area contributed by atoms with Gasteiger partial charge >= 0.3 is 5.97 Å². The molecule has 74 valence electrons. The van der Waals surface area contributed by atoms with E-state index in [-0.39, 0.29) is 29.8 Å². The van der Waals surface area contributed by atoms with Gasteiger partial charge in [-0.1, -0.05) is 13.8 Å². The molecule has 1 N–H and O–H groups in total. The molecule has 1 heterocycles. The predicted octanol–water partition coefficient (Wildman–Crippen LogP) is 0.955. The first-order chi connectivity index (χ1) is 5.93. The smallest absolute Gasteiger partial charge is 0.309 e. The molecule has 2 rings (SSSR count). The molecule has 0 radical (unpaired) electrons. The van der Waals surface area contributed by atoms with Crippen LogP contribution in [0.15, 0.2) is 0 Å². The Bertz CT molecular complexity index is 247. The van der Waals surface area contributed by atoms with Gasteiger partial charge in [-0.3, -0.25) is 4.79 Å². The van der Waals surface area contributed by atoms with Gasteiger partial charge in [0.2, 0.25) is 0 Å². The zero-order valence-corrected chi connectivity index (χ0v) is 8.28. The summed E-state index contributed by atoms with van der Waals surface area (Å²) in [5.74, 6) is 0.216. The van der Waals surface area contributed by atoms with Crippen molar-refractivity contribution < 1.29 is 14.6 Å². The van der Waals surface area contributed by atoms with E-state index >= 15 is 0 Å². The number of ether oxygens (including phenoxy) is 1. The lowest BCUT2D eigenvalue weighted by Crippen LogP contribution is -2.32. The molecule has 5 atom stereocenters. The Morgan fingerprint density at radius 1 is 1.54 bits per heavy atom. The van der Waals surface area contributed by atoms with Crippen molar-refractivity contribution >= 4 is 5.97 Å². The maximum Gasteiger partial charge on any atom is 0.309 e. The van der Waals surface area contributed by atoms with Gasteiger partial charge < -0.3 is 9.84 Å². The van der Waals surface area contributed by atoms with E-state index in [1.165, 1.54) is 0 Å². The Balaban J connectivity index is 2.25. The first-order valence-corrected chi connectivity index (χ1v) is 4.86. The second-order valence-electron chi connectivity index (χ2n) is 4.69. The molecular weight excluding hydrogens is 168 g/mol. The second-order valence-corrected chi connectivity index (χ2v) is 4.69. The van der Waals surface area contributed by atoms with Gasteiger partial charge in [0, 0.05) is 12.3 Å². The van der Waals surface area contributed by atoms with E-state index in [0.29, 0.717) is 6.42 Å². The molecule has 0 amide bonds. The number of carbonyl (C=O) groups is 1. The van der Waals surface area contributed by atoms with Crippen molar-refractivity contribution in [2.75, 3.05) is 0 Å². The summed E-state index contributed by atoms with van der Waals surface area (Å²) in [6, 6.07) is 0. The highest BCUT2D eigenvalue weighted by molar-refractivity contribution is 5.75. The van der Waals surface area contributed by atoms with Crippen LogP contribution in [-0.2, 0) is 9.53 Å². The number of rotatable bonds is 0. The Hall–Kier alpha value is -0.570. The van der Waals surface area contributed by atoms with Crippen molar-refractivity contribution in [1.29, 1.82) is 0 Å². The summed E-state index contributed by atoms with van der Waals surface area (Å²) in [6.45, 7) is 5.73. The lowest BCUT2D eigenvalue weighted by Gasteiger charge is -2.25. The van der Waals surface area contributed by atoms with Gasteiger partial charge in [0.05, 0.1) is 11.5 Å². The van der Waals surface area contributed by atoms with E-state index in [2.05, 4.69) is 0 Å². The van der Waals surface area contributed by atoms with E-state index in [9.17, 15) is 9.90 Å². The average Bonchev–Trinajstić information content (AvgIpc) is 2.36. The standard InChI is InChI=1S/C10H16O3/c1-5-8-6(2)10(3,12)4-7(8)13-9(5)11/h5-8,12H,4H2,1-3H3/t5-,6+,7+,8-,10-/m1/s1. The fourth-order valence-electron chi connectivity index (χ4n) is 2.75. The van der Waals surface area contributed by atoms with Gasteiger partial charge in [0.15, 0.2) is 0 Å². The molecule has 0 aromatic carbocycles. The largest absolute Gasteiger partial charge is 0.462 e. The molecule has 13 heavy (non-hydrogen) atoms. The van der Waals surface area contributed by atoms with E-state index < -0.39 is 5.60 Å². The third-order valence-electron chi connectivity index (χ3n) is 3.82. The maximum absolute atomic E-state index is 11.2. The zero-order chi connectivity index (χ0) is 9.80. The number of hydrogen-bond donors (Lipinski definition) is 1. The minimum atomic E-state index is -0.662. The summed E-state index contributed by atoms with van der Waals surface area (Å²) in [7, 11) is 0. The monoisotopic (exact) mass is 184 g/mol. The molecular formula is C10H16O3. The van der Waals surface area contributed by atoms with E-state index in [1.54, 1.807) is 0 Å². The molecule has 1 aliphatic heterocycles. The zero-order valence-electron chi connectivity index (χ0n) is 8.28. The van der Waals surface area contributed by atoms with Crippen molar-refractivity contribution in [3.63, 3.8) is 0 Å². The SMILES string of the molecule is C[C@H]1C(=O)O[C@H]2C[C@@](C)(O)[C@@H](C)[C@H]21. The van der Waals surface area contributed by atoms with Gasteiger partial charge in [0.25, 0.3) is 0 Å². The Morgan fingerprint density at radius 2 is 2.15 bits per heavy atom. The van der Waals surface area contributed by atoms with Crippen molar-refractivity contribution in [3.8, 4) is 0 Å². The van der Waals surface area contributed by atoms with Crippen LogP contribution < -0.4 is 0 Å². The highest BCUT2D eigenvalue weighted by Gasteiger charge is 2.56. The quantitative estimate of drug-likeness (QED) is 0.570. The Kier molecular flexibility index (Phi) is 1.71. The average molecular weight is 184 g/mol. The Labute approximate surface area is 78.1 Å². The fourth-order valence-corrected chi connectivity index (χ4v) is 2.75.